The molecule has 0 atom stereocenters. The molecule has 5 nitrogen and oxygen atoms in total. The second kappa shape index (κ2) is 9.20. The van der Waals surface area contributed by atoms with E-state index >= 15 is 0 Å². The van der Waals surface area contributed by atoms with Gasteiger partial charge in [0.15, 0.2) is 0 Å². The third kappa shape index (κ3) is 5.85. The number of allylic oxidation sites excluding steroid dienone is 2. The summed E-state index contributed by atoms with van der Waals surface area (Å²) in [6.45, 7) is 7.76. The van der Waals surface area contributed by atoms with Gasteiger partial charge in [-0.05, 0) is 43.1 Å². The van der Waals surface area contributed by atoms with Crippen LogP contribution in [-0.2, 0) is 9.45 Å². The Hall–Kier alpha value is -1.89. The summed E-state index contributed by atoms with van der Waals surface area (Å²) in [4.78, 5) is 14.2. The highest BCUT2D eigenvalue weighted by molar-refractivity contribution is 6.55. The van der Waals surface area contributed by atoms with Crippen molar-refractivity contribution in [2.75, 3.05) is 6.61 Å². The van der Waals surface area contributed by atoms with Gasteiger partial charge in [0, 0.05) is 22.6 Å². The van der Waals surface area contributed by atoms with Crippen LogP contribution in [-0.4, -0.2) is 30.1 Å². The minimum absolute atomic E-state index is 0.324. The van der Waals surface area contributed by atoms with Crippen molar-refractivity contribution in [3.8, 4) is 0 Å². The molecule has 1 aromatic heterocycles. The molecule has 0 saturated carbocycles. The quantitative estimate of drug-likeness (QED) is 0.661. The summed E-state index contributed by atoms with van der Waals surface area (Å²) < 4.78 is 4.95. The van der Waals surface area contributed by atoms with Gasteiger partial charge in [-0.25, -0.2) is 0 Å². The van der Waals surface area contributed by atoms with E-state index in [1.807, 2.05) is 13.0 Å². The van der Waals surface area contributed by atoms with E-state index in [2.05, 4.69) is 16.9 Å². The van der Waals surface area contributed by atoms with Gasteiger partial charge in [0.1, 0.15) is 0 Å². The Labute approximate surface area is 135 Å². The van der Waals surface area contributed by atoms with Crippen molar-refractivity contribution in [1.29, 1.82) is 0 Å². The lowest BCUT2D eigenvalue weighted by molar-refractivity contribution is -0.108. The summed E-state index contributed by atoms with van der Waals surface area (Å²) >= 11 is 5.60. The fourth-order valence-corrected chi connectivity index (χ4v) is 1.87. The van der Waals surface area contributed by atoms with Gasteiger partial charge in [0.05, 0.1) is 6.61 Å². The first-order valence-corrected chi connectivity index (χ1v) is 6.99. The second-order valence-electron chi connectivity index (χ2n) is 4.49. The topological polar surface area (TPSA) is 71.5 Å². The highest BCUT2D eigenvalue weighted by Crippen LogP contribution is 2.20. The number of halogens is 1. The lowest BCUT2D eigenvalue weighted by Crippen LogP contribution is -2.15. The van der Waals surface area contributed by atoms with Crippen LogP contribution in [0.1, 0.15) is 12.6 Å². The van der Waals surface area contributed by atoms with Gasteiger partial charge in [-0.1, -0.05) is 24.3 Å². The highest BCUT2D eigenvalue weighted by atomic mass is 35.5. The number of carbonyl (C=O) groups excluding carboxylic acids is 1. The second-order valence-corrected chi connectivity index (χ2v) is 4.92. The molecule has 116 valence electrons. The van der Waals surface area contributed by atoms with Gasteiger partial charge in [0.25, 0.3) is 0 Å². The monoisotopic (exact) mass is 320 g/mol. The largest absolute Gasteiger partial charge is 0.491 e. The first-order valence-electron chi connectivity index (χ1n) is 6.62. The maximum atomic E-state index is 10.2. The zero-order valence-corrected chi connectivity index (χ0v) is 13.3. The van der Waals surface area contributed by atoms with E-state index in [0.717, 1.165) is 16.3 Å². The molecule has 0 radical (unpaired) electrons. The van der Waals surface area contributed by atoms with Crippen LogP contribution in [0, 0.1) is 6.92 Å². The lowest BCUT2D eigenvalue weighted by Gasteiger charge is -2.02. The minimum atomic E-state index is -0.939. The fourth-order valence-electron chi connectivity index (χ4n) is 1.66. The number of carbonyl (C=O) groups is 1. The number of amides is 1. The van der Waals surface area contributed by atoms with Crippen LogP contribution in [0.5, 0.6) is 0 Å². The van der Waals surface area contributed by atoms with Gasteiger partial charge in [-0.15, -0.1) is 0 Å². The molecule has 0 aliphatic carbocycles. The molecule has 1 aliphatic heterocycles. The number of rotatable bonds is 3. The van der Waals surface area contributed by atoms with E-state index in [0.29, 0.717) is 24.2 Å². The Morgan fingerprint density at radius 1 is 1.64 bits per heavy atom. The number of hydrogen-bond acceptors (Lipinski definition) is 4. The van der Waals surface area contributed by atoms with Crippen LogP contribution in [0.3, 0.4) is 0 Å². The molecule has 2 N–H and O–H groups in total. The van der Waals surface area contributed by atoms with Crippen molar-refractivity contribution in [3.05, 3.63) is 64.5 Å². The van der Waals surface area contributed by atoms with Gasteiger partial charge in [-0.3, -0.25) is 9.78 Å². The predicted octanol–water partition coefficient (Wildman–Crippen LogP) is 2.21. The molecular formula is C15H18BClN2O3. The van der Waals surface area contributed by atoms with Gasteiger partial charge in [0.2, 0.25) is 6.41 Å². The predicted molar refractivity (Wildman–Crippen MR) is 88.1 cm³/mol. The first-order chi connectivity index (χ1) is 10.5. The van der Waals surface area contributed by atoms with Crippen molar-refractivity contribution in [3.63, 3.8) is 0 Å². The molecule has 0 aromatic carbocycles. The van der Waals surface area contributed by atoms with Crippen LogP contribution in [0.4, 0.5) is 0 Å². The third-order valence-corrected chi connectivity index (χ3v) is 3.03. The average Bonchev–Trinajstić information content (AvgIpc) is 2.79. The Balaban J connectivity index is 0.000000255. The molecule has 1 fully saturated rings. The van der Waals surface area contributed by atoms with Crippen LogP contribution < -0.4 is 5.32 Å². The zero-order valence-electron chi connectivity index (χ0n) is 12.5. The van der Waals surface area contributed by atoms with Crippen LogP contribution >= 0.6 is 11.6 Å². The molecule has 0 bridgehead atoms. The van der Waals surface area contributed by atoms with Crippen LogP contribution in [0.2, 0.25) is 5.02 Å². The molecular weight excluding hydrogens is 302 g/mol. The molecule has 7 heteroatoms. The van der Waals surface area contributed by atoms with E-state index in [-0.39, 0.29) is 0 Å². The Morgan fingerprint density at radius 2 is 2.36 bits per heavy atom. The molecule has 0 spiro atoms. The van der Waals surface area contributed by atoms with E-state index in [4.69, 9.17) is 16.3 Å². The van der Waals surface area contributed by atoms with Crippen molar-refractivity contribution >= 4 is 25.1 Å². The first kappa shape index (κ1) is 18.2. The summed E-state index contributed by atoms with van der Waals surface area (Å²) in [5.74, 6) is 0. The molecule has 1 saturated heterocycles. The summed E-state index contributed by atoms with van der Waals surface area (Å²) in [5, 5.41) is 12.6. The van der Waals surface area contributed by atoms with Gasteiger partial charge in [-0.2, -0.15) is 0 Å². The van der Waals surface area contributed by atoms with Gasteiger partial charge < -0.3 is 15.0 Å². The zero-order chi connectivity index (χ0) is 16.5. The molecule has 22 heavy (non-hydrogen) atoms. The molecule has 0 unspecified atom stereocenters. The van der Waals surface area contributed by atoms with E-state index < -0.39 is 7.12 Å². The normalized spacial score (nSPS) is 16.4. The number of aryl methyl sites for hydroxylation is 1. The third-order valence-electron chi connectivity index (χ3n) is 2.80. The number of pyridine rings is 1. The maximum Gasteiger partial charge on any atom is 0.491 e. The average molecular weight is 321 g/mol. The SMILES string of the molecule is C=C1COB(O)/C1=C/C(=C\C)NC=O.Cc1cc(Cl)ccn1. The maximum absolute atomic E-state index is 10.2. The van der Waals surface area contributed by atoms with E-state index in [1.54, 1.807) is 31.3 Å². The van der Waals surface area contributed by atoms with E-state index in [1.165, 1.54) is 0 Å². The van der Waals surface area contributed by atoms with Crippen molar-refractivity contribution in [2.45, 2.75) is 13.8 Å². The number of aromatic nitrogens is 1. The Bertz CT molecular complexity index is 585. The number of nitrogens with zero attached hydrogens (tertiary/aromatic N) is 1. The summed E-state index contributed by atoms with van der Waals surface area (Å²) in [6.07, 6.45) is 5.64. The molecule has 2 rings (SSSR count). The van der Waals surface area contributed by atoms with Crippen LogP contribution in [0.25, 0.3) is 0 Å². The fraction of sp³-hybridized carbons (Fsp3) is 0.200. The Kier molecular flexibility index (Phi) is 7.59. The van der Waals surface area contributed by atoms with E-state index in [9.17, 15) is 9.82 Å². The molecule has 2 heterocycles. The van der Waals surface area contributed by atoms with Crippen molar-refractivity contribution < 1.29 is 14.5 Å². The summed E-state index contributed by atoms with van der Waals surface area (Å²) in [5.41, 5.74) is 2.90. The molecule has 1 amide bonds. The summed E-state index contributed by atoms with van der Waals surface area (Å²) in [7, 11) is -0.939. The lowest BCUT2D eigenvalue weighted by atomic mass is 9.77. The minimum Gasteiger partial charge on any atom is -0.423 e. The van der Waals surface area contributed by atoms with Crippen molar-refractivity contribution in [2.24, 2.45) is 0 Å². The number of nitrogens with one attached hydrogen (secondary N) is 1. The number of hydrogen-bond donors (Lipinski definition) is 2. The smallest absolute Gasteiger partial charge is 0.423 e. The molecule has 1 aromatic rings. The summed E-state index contributed by atoms with van der Waals surface area (Å²) in [6, 6.07) is 3.58. The highest BCUT2D eigenvalue weighted by Gasteiger charge is 2.29. The standard InChI is InChI=1S/C9H12BNO3.C6H6ClN/c1-3-8(11-6-12)4-9-7(2)5-14-10(9)13;1-5-4-6(7)2-3-8-5/h3-4,6,13H,2,5H2,1H3,(H,11,12);2-4H,1H3/b8-3+,9-4+;. The van der Waals surface area contributed by atoms with Crippen molar-refractivity contribution in [1.82, 2.24) is 10.3 Å². The molecule has 1 aliphatic rings. The van der Waals surface area contributed by atoms with Gasteiger partial charge >= 0.3 is 7.12 Å². The Morgan fingerprint density at radius 3 is 2.77 bits per heavy atom. The van der Waals surface area contributed by atoms with Crippen LogP contribution in [0.15, 0.2) is 53.8 Å².